The first-order chi connectivity index (χ1) is 15.2. The number of sulfonamides is 1. The van der Waals surface area contributed by atoms with Crippen LogP contribution in [0.1, 0.15) is 29.2 Å². The van der Waals surface area contributed by atoms with Crippen LogP contribution in [0.25, 0.3) is 6.08 Å². The molecule has 0 aliphatic carbocycles. The van der Waals surface area contributed by atoms with Crippen molar-refractivity contribution >= 4 is 27.7 Å². The Balaban J connectivity index is 2.03. The summed E-state index contributed by atoms with van der Waals surface area (Å²) in [5.74, 6) is 0.0862. The molecule has 0 atom stereocenters. The molecule has 0 unspecified atom stereocenters. The van der Waals surface area contributed by atoms with Gasteiger partial charge in [0.15, 0.2) is 0 Å². The third-order valence-corrected chi connectivity index (χ3v) is 6.89. The molecular formula is C26H27NO4S. The van der Waals surface area contributed by atoms with Gasteiger partial charge in [0, 0.05) is 6.08 Å². The van der Waals surface area contributed by atoms with Gasteiger partial charge in [-0.3, -0.25) is 4.79 Å². The number of carbonyl (C=O) groups is 1. The maximum Gasteiger partial charge on any atom is 0.271 e. The lowest BCUT2D eigenvalue weighted by Gasteiger charge is -2.24. The Morgan fingerprint density at radius 2 is 1.59 bits per heavy atom. The first-order valence-electron chi connectivity index (χ1n) is 10.4. The summed E-state index contributed by atoms with van der Waals surface area (Å²) in [6.07, 6.45) is 2.88. The summed E-state index contributed by atoms with van der Waals surface area (Å²) in [5, 5.41) is 0. The van der Waals surface area contributed by atoms with Crippen molar-refractivity contribution in [1.82, 2.24) is 0 Å². The molecule has 0 spiro atoms. The predicted octanol–water partition coefficient (Wildman–Crippen LogP) is 5.45. The van der Waals surface area contributed by atoms with E-state index in [1.54, 1.807) is 42.5 Å². The second-order valence-electron chi connectivity index (χ2n) is 7.48. The minimum Gasteiger partial charge on any atom is -0.494 e. The smallest absolute Gasteiger partial charge is 0.271 e. The minimum absolute atomic E-state index is 0.0619. The van der Waals surface area contributed by atoms with Crippen molar-refractivity contribution in [3.8, 4) is 5.75 Å². The van der Waals surface area contributed by atoms with Crippen molar-refractivity contribution < 1.29 is 17.9 Å². The molecule has 0 aromatic heterocycles. The lowest BCUT2D eigenvalue weighted by Crippen LogP contribution is -2.36. The Labute approximate surface area is 190 Å². The van der Waals surface area contributed by atoms with Crippen LogP contribution in [-0.4, -0.2) is 20.9 Å². The number of aryl methyl sites for hydroxylation is 2. The second kappa shape index (κ2) is 9.83. The molecule has 3 aromatic rings. The van der Waals surface area contributed by atoms with Crippen LogP contribution < -0.4 is 9.04 Å². The van der Waals surface area contributed by atoms with E-state index in [1.165, 1.54) is 18.2 Å². The van der Waals surface area contributed by atoms with E-state index in [9.17, 15) is 13.2 Å². The average molecular weight is 450 g/mol. The van der Waals surface area contributed by atoms with Crippen LogP contribution in [0.2, 0.25) is 0 Å². The SMILES string of the molecule is CCOc1ccc(/C=C/C(=O)N(c2cccc(C)c2C)S(=O)(=O)c2ccc(C)cc2)cc1. The number of rotatable bonds is 7. The fraction of sp³-hybridized carbons (Fsp3) is 0.192. The van der Waals surface area contributed by atoms with Gasteiger partial charge in [0.1, 0.15) is 5.75 Å². The van der Waals surface area contributed by atoms with Crippen molar-refractivity contribution in [3.05, 3.63) is 95.1 Å². The predicted molar refractivity (Wildman–Crippen MR) is 128 cm³/mol. The largest absolute Gasteiger partial charge is 0.494 e. The summed E-state index contributed by atoms with van der Waals surface area (Å²) in [4.78, 5) is 13.3. The highest BCUT2D eigenvalue weighted by atomic mass is 32.2. The van der Waals surface area contributed by atoms with Gasteiger partial charge in [-0.2, -0.15) is 4.31 Å². The van der Waals surface area contributed by atoms with E-state index in [1.807, 2.05) is 45.9 Å². The molecule has 0 saturated heterocycles. The minimum atomic E-state index is -4.12. The molecule has 0 aliphatic rings. The van der Waals surface area contributed by atoms with E-state index in [4.69, 9.17) is 4.74 Å². The fourth-order valence-electron chi connectivity index (χ4n) is 3.21. The number of hydrogen-bond donors (Lipinski definition) is 0. The Morgan fingerprint density at radius 3 is 2.22 bits per heavy atom. The van der Waals surface area contributed by atoms with Gasteiger partial charge in [-0.15, -0.1) is 0 Å². The zero-order valence-electron chi connectivity index (χ0n) is 18.7. The van der Waals surface area contributed by atoms with Crippen LogP contribution in [0.4, 0.5) is 5.69 Å². The molecule has 0 radical (unpaired) electrons. The summed E-state index contributed by atoms with van der Waals surface area (Å²) < 4.78 is 33.4. The van der Waals surface area contributed by atoms with Gasteiger partial charge in [-0.1, -0.05) is 42.0 Å². The van der Waals surface area contributed by atoms with Crippen LogP contribution >= 0.6 is 0 Å². The fourth-order valence-corrected chi connectivity index (χ4v) is 4.66. The molecular weight excluding hydrogens is 422 g/mol. The van der Waals surface area contributed by atoms with Crippen LogP contribution in [-0.2, 0) is 14.8 Å². The zero-order valence-corrected chi connectivity index (χ0v) is 19.5. The van der Waals surface area contributed by atoms with E-state index in [0.29, 0.717) is 12.3 Å². The number of carbonyl (C=O) groups excluding carboxylic acids is 1. The monoisotopic (exact) mass is 449 g/mol. The average Bonchev–Trinajstić information content (AvgIpc) is 2.77. The van der Waals surface area contributed by atoms with Crippen molar-refractivity contribution in [3.63, 3.8) is 0 Å². The van der Waals surface area contributed by atoms with Crippen LogP contribution in [0.5, 0.6) is 5.75 Å². The molecule has 0 N–H and O–H groups in total. The quantitative estimate of drug-likeness (QED) is 0.450. The lowest BCUT2D eigenvalue weighted by atomic mass is 10.1. The molecule has 6 heteroatoms. The Bertz CT molecular complexity index is 1230. The van der Waals surface area contributed by atoms with Gasteiger partial charge in [-0.05, 0) is 80.8 Å². The highest BCUT2D eigenvalue weighted by Gasteiger charge is 2.31. The summed E-state index contributed by atoms with van der Waals surface area (Å²) in [6, 6.07) is 19.0. The normalized spacial score (nSPS) is 11.5. The first kappa shape index (κ1) is 23.3. The number of benzene rings is 3. The highest BCUT2D eigenvalue weighted by Crippen LogP contribution is 2.29. The molecule has 0 fully saturated rings. The topological polar surface area (TPSA) is 63.7 Å². The van der Waals surface area contributed by atoms with Crippen LogP contribution in [0.15, 0.2) is 77.7 Å². The molecule has 0 bridgehead atoms. The van der Waals surface area contributed by atoms with E-state index in [2.05, 4.69) is 0 Å². The number of anilines is 1. The molecule has 0 heterocycles. The van der Waals surface area contributed by atoms with Gasteiger partial charge in [0.25, 0.3) is 15.9 Å². The van der Waals surface area contributed by atoms with Gasteiger partial charge >= 0.3 is 0 Å². The third-order valence-electron chi connectivity index (χ3n) is 5.16. The molecule has 1 amide bonds. The maximum absolute atomic E-state index is 13.5. The number of ether oxygens (including phenoxy) is 1. The van der Waals surface area contributed by atoms with E-state index in [-0.39, 0.29) is 4.90 Å². The van der Waals surface area contributed by atoms with E-state index < -0.39 is 15.9 Å². The summed E-state index contributed by atoms with van der Waals surface area (Å²) in [7, 11) is -4.12. The first-order valence-corrected chi connectivity index (χ1v) is 11.8. The van der Waals surface area contributed by atoms with Gasteiger partial charge < -0.3 is 4.74 Å². The number of hydrogen-bond acceptors (Lipinski definition) is 4. The van der Waals surface area contributed by atoms with Crippen molar-refractivity contribution in [2.24, 2.45) is 0 Å². The van der Waals surface area contributed by atoms with Crippen LogP contribution in [0.3, 0.4) is 0 Å². The van der Waals surface area contributed by atoms with E-state index in [0.717, 1.165) is 32.3 Å². The highest BCUT2D eigenvalue weighted by molar-refractivity contribution is 7.93. The molecule has 5 nitrogen and oxygen atoms in total. The third kappa shape index (κ3) is 5.08. The number of nitrogens with zero attached hydrogens (tertiary/aromatic N) is 1. The zero-order chi connectivity index (χ0) is 23.3. The molecule has 3 rings (SSSR count). The Kier molecular flexibility index (Phi) is 7.15. The second-order valence-corrected chi connectivity index (χ2v) is 9.26. The maximum atomic E-state index is 13.5. The summed E-state index contributed by atoms with van der Waals surface area (Å²) in [6.45, 7) is 8.04. The molecule has 0 saturated carbocycles. The standard InChI is InChI=1S/C26H27NO4S/c1-5-31-23-14-11-22(12-15-23)13-18-26(28)27(25-8-6-7-20(3)21(25)4)32(29,30)24-16-9-19(2)10-17-24/h6-18H,5H2,1-4H3/b18-13+. The van der Waals surface area contributed by atoms with Gasteiger partial charge in [-0.25, -0.2) is 8.42 Å². The van der Waals surface area contributed by atoms with Crippen molar-refractivity contribution in [2.45, 2.75) is 32.6 Å². The van der Waals surface area contributed by atoms with Gasteiger partial charge in [0.05, 0.1) is 17.2 Å². The molecule has 3 aromatic carbocycles. The molecule has 0 aliphatic heterocycles. The molecule has 166 valence electrons. The van der Waals surface area contributed by atoms with Crippen LogP contribution in [0, 0.1) is 20.8 Å². The Hall–Kier alpha value is -3.38. The van der Waals surface area contributed by atoms with Gasteiger partial charge in [0.2, 0.25) is 0 Å². The van der Waals surface area contributed by atoms with Crippen molar-refractivity contribution in [1.29, 1.82) is 0 Å². The Morgan fingerprint density at radius 1 is 0.938 bits per heavy atom. The molecule has 32 heavy (non-hydrogen) atoms. The number of amides is 1. The lowest BCUT2D eigenvalue weighted by molar-refractivity contribution is -0.113. The summed E-state index contributed by atoms with van der Waals surface area (Å²) >= 11 is 0. The van der Waals surface area contributed by atoms with Crippen molar-refractivity contribution in [2.75, 3.05) is 10.9 Å². The van der Waals surface area contributed by atoms with E-state index >= 15 is 0 Å². The summed E-state index contributed by atoms with van der Waals surface area (Å²) in [5.41, 5.74) is 3.66.